The number of aromatic nitrogens is 2. The summed E-state index contributed by atoms with van der Waals surface area (Å²) in [5.41, 5.74) is 1.56. The fourth-order valence-corrected chi connectivity index (χ4v) is 4.35. The van der Waals surface area contributed by atoms with Gasteiger partial charge in [-0.2, -0.15) is 0 Å². The van der Waals surface area contributed by atoms with Gasteiger partial charge in [0.25, 0.3) is 6.01 Å². The molecule has 1 aromatic carbocycles. The van der Waals surface area contributed by atoms with Crippen molar-refractivity contribution in [3.8, 4) is 17.1 Å². The van der Waals surface area contributed by atoms with Crippen LogP contribution < -0.4 is 10.1 Å². The monoisotopic (exact) mass is 453 g/mol. The molecule has 0 radical (unpaired) electrons. The SMILES string of the molecule is COc1cc(Nc2ncc(C3CCCN3C(=O)CN3CCOCC3)o2)ccc1-c1cnco1. The Morgan fingerprint density at radius 3 is 2.91 bits per heavy atom. The minimum absolute atomic E-state index is 0.0926. The van der Waals surface area contributed by atoms with E-state index in [2.05, 4.69) is 20.2 Å². The number of oxazole rings is 2. The minimum atomic E-state index is -0.0926. The molecule has 1 amide bonds. The van der Waals surface area contributed by atoms with Crippen LogP contribution in [0.2, 0.25) is 0 Å². The van der Waals surface area contributed by atoms with Gasteiger partial charge in [0.05, 0.1) is 50.9 Å². The van der Waals surface area contributed by atoms with Gasteiger partial charge in [-0.15, -0.1) is 0 Å². The second kappa shape index (κ2) is 9.63. The third-order valence-corrected chi connectivity index (χ3v) is 6.04. The van der Waals surface area contributed by atoms with E-state index >= 15 is 0 Å². The zero-order chi connectivity index (χ0) is 22.6. The Balaban J connectivity index is 1.26. The fourth-order valence-electron chi connectivity index (χ4n) is 4.35. The second-order valence-corrected chi connectivity index (χ2v) is 8.11. The van der Waals surface area contributed by atoms with Crippen LogP contribution in [0.15, 0.2) is 45.8 Å². The molecule has 0 spiro atoms. The number of hydrogen-bond acceptors (Lipinski definition) is 9. The van der Waals surface area contributed by atoms with E-state index in [1.54, 1.807) is 19.5 Å². The molecule has 2 fully saturated rings. The van der Waals surface area contributed by atoms with Crippen molar-refractivity contribution >= 4 is 17.6 Å². The van der Waals surface area contributed by atoms with E-state index in [0.717, 1.165) is 43.7 Å². The van der Waals surface area contributed by atoms with Crippen molar-refractivity contribution in [3.63, 3.8) is 0 Å². The van der Waals surface area contributed by atoms with E-state index in [0.29, 0.717) is 43.0 Å². The van der Waals surface area contributed by atoms with Crippen molar-refractivity contribution in [2.24, 2.45) is 0 Å². The molecule has 10 heteroatoms. The average molecular weight is 453 g/mol. The second-order valence-electron chi connectivity index (χ2n) is 8.11. The third-order valence-electron chi connectivity index (χ3n) is 6.04. The summed E-state index contributed by atoms with van der Waals surface area (Å²) in [7, 11) is 1.60. The van der Waals surface area contributed by atoms with Crippen LogP contribution in [0.1, 0.15) is 24.6 Å². The van der Waals surface area contributed by atoms with E-state index in [-0.39, 0.29) is 11.9 Å². The molecule has 10 nitrogen and oxygen atoms in total. The van der Waals surface area contributed by atoms with Gasteiger partial charge < -0.3 is 28.5 Å². The van der Waals surface area contributed by atoms with E-state index < -0.39 is 0 Å². The van der Waals surface area contributed by atoms with Crippen LogP contribution in [0, 0.1) is 0 Å². The molecule has 1 N–H and O–H groups in total. The topological polar surface area (TPSA) is 106 Å². The highest BCUT2D eigenvalue weighted by Crippen LogP contribution is 2.35. The first-order chi connectivity index (χ1) is 16.2. The van der Waals surface area contributed by atoms with Crippen molar-refractivity contribution in [2.45, 2.75) is 18.9 Å². The third kappa shape index (κ3) is 4.71. The number of anilines is 2. The highest BCUT2D eigenvalue weighted by atomic mass is 16.5. The number of morpholine rings is 1. The lowest BCUT2D eigenvalue weighted by atomic mass is 10.1. The Morgan fingerprint density at radius 1 is 1.24 bits per heavy atom. The summed E-state index contributed by atoms with van der Waals surface area (Å²) in [5, 5.41) is 3.18. The highest BCUT2D eigenvalue weighted by Gasteiger charge is 2.33. The maximum Gasteiger partial charge on any atom is 0.299 e. The van der Waals surface area contributed by atoms with Gasteiger partial charge in [0.1, 0.15) is 11.5 Å². The summed E-state index contributed by atoms with van der Waals surface area (Å²) in [6.07, 6.45) is 6.53. The molecule has 4 heterocycles. The van der Waals surface area contributed by atoms with Crippen molar-refractivity contribution in [3.05, 3.63) is 42.7 Å². The number of nitrogens with one attached hydrogen (secondary N) is 1. The van der Waals surface area contributed by atoms with Gasteiger partial charge in [0.2, 0.25) is 5.91 Å². The number of methoxy groups -OCH3 is 1. The number of nitrogens with zero attached hydrogens (tertiary/aromatic N) is 4. The standard InChI is InChI=1S/C23H27N5O5/c1-30-19-11-16(4-5-17(19)20-12-24-15-32-20)26-23-25-13-21(33-23)18-3-2-6-28(18)22(29)14-27-7-9-31-10-8-27/h4-5,11-13,15,18H,2-3,6-10,14H2,1H3,(H,25,26). The molecule has 5 rings (SSSR count). The van der Waals surface area contributed by atoms with Crippen molar-refractivity contribution in [1.82, 2.24) is 19.8 Å². The number of rotatable bonds is 7. The van der Waals surface area contributed by atoms with Gasteiger partial charge in [-0.3, -0.25) is 9.69 Å². The zero-order valence-electron chi connectivity index (χ0n) is 18.5. The van der Waals surface area contributed by atoms with E-state index in [9.17, 15) is 4.79 Å². The van der Waals surface area contributed by atoms with E-state index in [1.165, 1.54) is 6.39 Å². The minimum Gasteiger partial charge on any atom is -0.496 e. The number of carbonyl (C=O) groups excluding carboxylic acids is 1. The van der Waals surface area contributed by atoms with Crippen LogP contribution in [0.5, 0.6) is 5.75 Å². The summed E-state index contributed by atoms with van der Waals surface area (Å²) in [6.45, 7) is 4.09. The maximum atomic E-state index is 12.9. The van der Waals surface area contributed by atoms with Crippen LogP contribution >= 0.6 is 0 Å². The fraction of sp³-hybridized carbons (Fsp3) is 0.435. The van der Waals surface area contributed by atoms with Crippen molar-refractivity contribution in [2.75, 3.05) is 51.8 Å². The summed E-state index contributed by atoms with van der Waals surface area (Å²) in [6, 6.07) is 5.89. The number of hydrogen-bond donors (Lipinski definition) is 1. The molecule has 174 valence electrons. The Kier molecular flexibility index (Phi) is 6.27. The van der Waals surface area contributed by atoms with Gasteiger partial charge >= 0.3 is 0 Å². The lowest BCUT2D eigenvalue weighted by Gasteiger charge is -2.29. The molecule has 2 aliphatic rings. The molecular weight excluding hydrogens is 426 g/mol. The Bertz CT molecular complexity index is 1080. The van der Waals surface area contributed by atoms with Gasteiger partial charge in [-0.05, 0) is 25.0 Å². The average Bonchev–Trinajstić information content (AvgIpc) is 3.61. The Morgan fingerprint density at radius 2 is 2.12 bits per heavy atom. The predicted molar refractivity (Wildman–Crippen MR) is 119 cm³/mol. The van der Waals surface area contributed by atoms with Gasteiger partial charge in [-0.1, -0.05) is 0 Å². The Labute approximate surface area is 191 Å². The van der Waals surface area contributed by atoms with Gasteiger partial charge in [0, 0.05) is 31.4 Å². The quantitative estimate of drug-likeness (QED) is 0.578. The number of carbonyl (C=O) groups is 1. The van der Waals surface area contributed by atoms with Crippen LogP contribution in [-0.2, 0) is 9.53 Å². The van der Waals surface area contributed by atoms with Crippen LogP contribution in [0.25, 0.3) is 11.3 Å². The molecule has 0 saturated carbocycles. The number of amides is 1. The lowest BCUT2D eigenvalue weighted by molar-refractivity contribution is -0.134. The van der Waals surface area contributed by atoms with Crippen LogP contribution in [0.4, 0.5) is 11.7 Å². The lowest BCUT2D eigenvalue weighted by Crippen LogP contribution is -2.44. The van der Waals surface area contributed by atoms with Crippen molar-refractivity contribution < 1.29 is 23.1 Å². The maximum absolute atomic E-state index is 12.9. The van der Waals surface area contributed by atoms with Crippen LogP contribution in [0.3, 0.4) is 0 Å². The molecule has 1 unspecified atom stereocenters. The number of benzene rings is 1. The highest BCUT2D eigenvalue weighted by molar-refractivity contribution is 5.79. The molecule has 0 bridgehead atoms. The van der Waals surface area contributed by atoms with Crippen LogP contribution in [-0.4, -0.2) is 72.2 Å². The summed E-state index contributed by atoms with van der Waals surface area (Å²) >= 11 is 0. The predicted octanol–water partition coefficient (Wildman–Crippen LogP) is 3.08. The molecule has 1 atom stereocenters. The molecule has 33 heavy (non-hydrogen) atoms. The van der Waals surface area contributed by atoms with Gasteiger partial charge in [0.15, 0.2) is 12.2 Å². The molecular formula is C23H27N5O5. The normalized spacial score (nSPS) is 19.1. The molecule has 2 saturated heterocycles. The molecule has 2 aliphatic heterocycles. The first-order valence-electron chi connectivity index (χ1n) is 11.1. The van der Waals surface area contributed by atoms with Crippen molar-refractivity contribution in [1.29, 1.82) is 0 Å². The van der Waals surface area contributed by atoms with E-state index in [1.807, 2.05) is 23.1 Å². The summed E-state index contributed by atoms with van der Waals surface area (Å²) < 4.78 is 22.3. The first-order valence-corrected chi connectivity index (χ1v) is 11.1. The first kappa shape index (κ1) is 21.5. The van der Waals surface area contributed by atoms with E-state index in [4.69, 9.17) is 18.3 Å². The van der Waals surface area contributed by atoms with Gasteiger partial charge in [-0.25, -0.2) is 9.97 Å². The summed E-state index contributed by atoms with van der Waals surface area (Å²) in [4.78, 5) is 25.3. The largest absolute Gasteiger partial charge is 0.496 e. The Hall–Kier alpha value is -3.37. The molecule has 2 aromatic heterocycles. The summed E-state index contributed by atoms with van der Waals surface area (Å²) in [5.74, 6) is 2.08. The smallest absolute Gasteiger partial charge is 0.299 e. The zero-order valence-corrected chi connectivity index (χ0v) is 18.5. The number of ether oxygens (including phenoxy) is 2. The molecule has 3 aromatic rings. The molecule has 0 aliphatic carbocycles. The number of likely N-dealkylation sites (tertiary alicyclic amines) is 1.